The molecule has 3 nitrogen and oxygen atoms in total. The van der Waals surface area contributed by atoms with Crippen LogP contribution in [0.3, 0.4) is 0 Å². The fourth-order valence-corrected chi connectivity index (χ4v) is 2.71. The number of aryl methyl sites for hydroxylation is 1. The predicted molar refractivity (Wildman–Crippen MR) is 78.4 cm³/mol. The number of hydrogen-bond acceptors (Lipinski definition) is 2. The summed E-state index contributed by atoms with van der Waals surface area (Å²) in [6.45, 7) is 6.45. The summed E-state index contributed by atoms with van der Waals surface area (Å²) >= 11 is 0. The maximum Gasteiger partial charge on any atom is 0.254 e. The monoisotopic (exact) mass is 278 g/mol. The van der Waals surface area contributed by atoms with Gasteiger partial charge in [0.1, 0.15) is 5.82 Å². The Morgan fingerprint density at radius 3 is 3.00 bits per heavy atom. The van der Waals surface area contributed by atoms with E-state index in [2.05, 4.69) is 12.2 Å². The van der Waals surface area contributed by atoms with Gasteiger partial charge < -0.3 is 10.2 Å². The Kier molecular flexibility index (Phi) is 5.12. The third-order valence-corrected chi connectivity index (χ3v) is 3.81. The molecule has 1 atom stereocenters. The standard InChI is InChI=1S/C16H23FN2O/c1-3-8-18-14-5-4-9-19(11-14)16(20)15-7-6-13(17)10-12(15)2/h6-7,10,14,18H,3-5,8-9,11H2,1-2H3. The van der Waals surface area contributed by atoms with Crippen molar-refractivity contribution in [2.24, 2.45) is 0 Å². The van der Waals surface area contributed by atoms with Crippen LogP contribution in [0.2, 0.25) is 0 Å². The molecule has 20 heavy (non-hydrogen) atoms. The molecule has 0 aliphatic carbocycles. The second-order valence-corrected chi connectivity index (χ2v) is 5.50. The largest absolute Gasteiger partial charge is 0.337 e. The van der Waals surface area contributed by atoms with E-state index in [1.807, 2.05) is 4.90 Å². The SMILES string of the molecule is CCCNC1CCCN(C(=O)c2ccc(F)cc2C)C1. The summed E-state index contributed by atoms with van der Waals surface area (Å²) in [6.07, 6.45) is 3.24. The fourth-order valence-electron chi connectivity index (χ4n) is 2.71. The van der Waals surface area contributed by atoms with Crippen molar-refractivity contribution >= 4 is 5.91 Å². The number of rotatable bonds is 4. The number of benzene rings is 1. The van der Waals surface area contributed by atoms with Crippen molar-refractivity contribution < 1.29 is 9.18 Å². The average Bonchev–Trinajstić information content (AvgIpc) is 2.45. The van der Waals surface area contributed by atoms with Gasteiger partial charge in [0.05, 0.1) is 0 Å². The maximum atomic E-state index is 13.1. The molecule has 110 valence electrons. The lowest BCUT2D eigenvalue weighted by Gasteiger charge is -2.33. The van der Waals surface area contributed by atoms with Gasteiger partial charge in [0.15, 0.2) is 0 Å². The first kappa shape index (κ1) is 15.0. The predicted octanol–water partition coefficient (Wildman–Crippen LogP) is 2.74. The quantitative estimate of drug-likeness (QED) is 0.918. The number of likely N-dealkylation sites (tertiary alicyclic amines) is 1. The Hall–Kier alpha value is -1.42. The van der Waals surface area contributed by atoms with E-state index in [0.717, 1.165) is 38.9 Å². The van der Waals surface area contributed by atoms with E-state index in [9.17, 15) is 9.18 Å². The van der Waals surface area contributed by atoms with Crippen LogP contribution in [0.15, 0.2) is 18.2 Å². The average molecular weight is 278 g/mol. The molecule has 0 bridgehead atoms. The molecule has 1 fully saturated rings. The van der Waals surface area contributed by atoms with Gasteiger partial charge in [-0.1, -0.05) is 6.92 Å². The summed E-state index contributed by atoms with van der Waals surface area (Å²) < 4.78 is 13.1. The Morgan fingerprint density at radius 2 is 2.30 bits per heavy atom. The van der Waals surface area contributed by atoms with E-state index < -0.39 is 0 Å². The topological polar surface area (TPSA) is 32.3 Å². The molecule has 1 amide bonds. The molecule has 1 aliphatic rings. The number of carbonyl (C=O) groups is 1. The molecule has 1 unspecified atom stereocenters. The molecular weight excluding hydrogens is 255 g/mol. The smallest absolute Gasteiger partial charge is 0.254 e. The number of nitrogens with one attached hydrogen (secondary N) is 1. The van der Waals surface area contributed by atoms with Gasteiger partial charge in [0, 0.05) is 24.7 Å². The summed E-state index contributed by atoms with van der Waals surface area (Å²) in [5.41, 5.74) is 1.32. The Labute approximate surface area is 120 Å². The van der Waals surface area contributed by atoms with Gasteiger partial charge in [0.2, 0.25) is 0 Å². The van der Waals surface area contributed by atoms with Gasteiger partial charge in [-0.25, -0.2) is 4.39 Å². The van der Waals surface area contributed by atoms with Gasteiger partial charge >= 0.3 is 0 Å². The number of hydrogen-bond donors (Lipinski definition) is 1. The lowest BCUT2D eigenvalue weighted by atomic mass is 10.0. The molecule has 4 heteroatoms. The van der Waals surface area contributed by atoms with Gasteiger partial charge in [-0.05, 0) is 56.5 Å². The molecule has 0 radical (unpaired) electrons. The summed E-state index contributed by atoms with van der Waals surface area (Å²) in [6, 6.07) is 4.75. The molecule has 1 heterocycles. The molecule has 0 spiro atoms. The summed E-state index contributed by atoms with van der Waals surface area (Å²) in [5.74, 6) is -0.273. The zero-order valence-corrected chi connectivity index (χ0v) is 12.3. The second kappa shape index (κ2) is 6.84. The molecule has 1 aromatic carbocycles. The lowest BCUT2D eigenvalue weighted by molar-refractivity contribution is 0.0694. The minimum absolute atomic E-state index is 0.0190. The molecule has 1 N–H and O–H groups in total. The van der Waals surface area contributed by atoms with Crippen LogP contribution in [-0.4, -0.2) is 36.5 Å². The van der Waals surface area contributed by atoms with Crippen molar-refractivity contribution in [1.29, 1.82) is 0 Å². The van der Waals surface area contributed by atoms with Crippen LogP contribution in [0.25, 0.3) is 0 Å². The highest BCUT2D eigenvalue weighted by molar-refractivity contribution is 5.95. The summed E-state index contributed by atoms with van der Waals surface area (Å²) in [7, 11) is 0. The van der Waals surface area contributed by atoms with Crippen molar-refractivity contribution in [1.82, 2.24) is 10.2 Å². The second-order valence-electron chi connectivity index (χ2n) is 5.50. The number of halogens is 1. The van der Waals surface area contributed by atoms with Crippen LogP contribution in [0.5, 0.6) is 0 Å². The third kappa shape index (κ3) is 3.57. The van der Waals surface area contributed by atoms with E-state index in [-0.39, 0.29) is 11.7 Å². The Balaban J connectivity index is 2.04. The van der Waals surface area contributed by atoms with Crippen molar-refractivity contribution in [2.75, 3.05) is 19.6 Å². The van der Waals surface area contributed by atoms with Crippen LogP contribution < -0.4 is 5.32 Å². The van der Waals surface area contributed by atoms with Crippen LogP contribution in [0, 0.1) is 12.7 Å². The molecule has 1 aliphatic heterocycles. The molecule has 0 aromatic heterocycles. The van der Waals surface area contributed by atoms with Crippen LogP contribution in [0.1, 0.15) is 42.1 Å². The minimum atomic E-state index is -0.291. The minimum Gasteiger partial charge on any atom is -0.337 e. The third-order valence-electron chi connectivity index (χ3n) is 3.81. The first-order chi connectivity index (χ1) is 9.61. The van der Waals surface area contributed by atoms with E-state index in [1.165, 1.54) is 12.1 Å². The Morgan fingerprint density at radius 1 is 1.50 bits per heavy atom. The van der Waals surface area contributed by atoms with Crippen molar-refractivity contribution in [3.63, 3.8) is 0 Å². The highest BCUT2D eigenvalue weighted by atomic mass is 19.1. The first-order valence-corrected chi connectivity index (χ1v) is 7.40. The molecule has 1 aromatic rings. The highest BCUT2D eigenvalue weighted by Gasteiger charge is 2.24. The van der Waals surface area contributed by atoms with Crippen LogP contribution >= 0.6 is 0 Å². The number of piperidine rings is 1. The van der Waals surface area contributed by atoms with E-state index in [0.29, 0.717) is 17.2 Å². The van der Waals surface area contributed by atoms with Gasteiger partial charge in [-0.3, -0.25) is 4.79 Å². The number of nitrogens with zero attached hydrogens (tertiary/aromatic N) is 1. The zero-order chi connectivity index (χ0) is 14.5. The van der Waals surface area contributed by atoms with Gasteiger partial charge in [-0.2, -0.15) is 0 Å². The van der Waals surface area contributed by atoms with Crippen LogP contribution in [0.4, 0.5) is 4.39 Å². The van der Waals surface area contributed by atoms with E-state index in [4.69, 9.17) is 0 Å². The number of amides is 1. The normalized spacial score (nSPS) is 19.1. The molecule has 0 saturated carbocycles. The van der Waals surface area contributed by atoms with Gasteiger partial charge in [-0.15, -0.1) is 0 Å². The molecule has 1 saturated heterocycles. The molecular formula is C16H23FN2O. The highest BCUT2D eigenvalue weighted by Crippen LogP contribution is 2.17. The summed E-state index contributed by atoms with van der Waals surface area (Å²) in [5, 5.41) is 3.48. The number of carbonyl (C=O) groups excluding carboxylic acids is 1. The lowest BCUT2D eigenvalue weighted by Crippen LogP contribution is -2.48. The first-order valence-electron chi connectivity index (χ1n) is 7.40. The summed E-state index contributed by atoms with van der Waals surface area (Å²) in [4.78, 5) is 14.4. The Bertz CT molecular complexity index is 476. The fraction of sp³-hybridized carbons (Fsp3) is 0.562. The van der Waals surface area contributed by atoms with Crippen molar-refractivity contribution in [3.05, 3.63) is 35.1 Å². The van der Waals surface area contributed by atoms with Crippen LogP contribution in [-0.2, 0) is 0 Å². The van der Waals surface area contributed by atoms with Gasteiger partial charge in [0.25, 0.3) is 5.91 Å². The molecule has 2 rings (SSSR count). The van der Waals surface area contributed by atoms with Crippen molar-refractivity contribution in [2.45, 2.75) is 39.2 Å². The van der Waals surface area contributed by atoms with E-state index >= 15 is 0 Å². The van der Waals surface area contributed by atoms with E-state index in [1.54, 1.807) is 13.0 Å². The van der Waals surface area contributed by atoms with Crippen molar-refractivity contribution in [3.8, 4) is 0 Å². The maximum absolute atomic E-state index is 13.1. The zero-order valence-electron chi connectivity index (χ0n) is 12.3.